The minimum atomic E-state index is -0.0498. The van der Waals surface area contributed by atoms with Crippen LogP contribution in [0.25, 0.3) is 0 Å². The molecule has 3 aromatic rings. The number of benzene rings is 2. The number of hydrogen-bond donors (Lipinski definition) is 2. The smallest absolute Gasteiger partial charge is 0.225 e. The lowest BCUT2D eigenvalue weighted by Gasteiger charge is -2.22. The summed E-state index contributed by atoms with van der Waals surface area (Å²) >= 11 is 0. The Kier molecular flexibility index (Phi) is 5.53. The molecule has 1 aliphatic rings. The molecule has 5 nitrogen and oxygen atoms in total. The molecule has 2 aromatic carbocycles. The molecule has 156 valence electrons. The molecule has 0 bridgehead atoms. The van der Waals surface area contributed by atoms with Crippen LogP contribution in [0.2, 0.25) is 0 Å². The standard InChI is InChI=1S/C25H28N2O3/c1-25(2,3)18-8-6-17(7-9-18)20(21-5-4-12-26-21)16-24(28)27-19-10-11-22-23(15-19)30-14-13-29-22/h4-12,15,20,26H,13-14,16H2,1-3H3,(H,27,28). The molecule has 0 spiro atoms. The van der Waals surface area contributed by atoms with E-state index in [4.69, 9.17) is 9.47 Å². The van der Waals surface area contributed by atoms with Gasteiger partial charge >= 0.3 is 0 Å². The Morgan fingerprint density at radius 1 is 1.03 bits per heavy atom. The zero-order valence-electron chi connectivity index (χ0n) is 17.7. The van der Waals surface area contributed by atoms with E-state index in [0.717, 1.165) is 11.3 Å². The molecule has 30 heavy (non-hydrogen) atoms. The number of nitrogens with one attached hydrogen (secondary N) is 2. The molecule has 1 amide bonds. The van der Waals surface area contributed by atoms with Gasteiger partial charge in [-0.15, -0.1) is 0 Å². The third-order valence-corrected chi connectivity index (χ3v) is 5.39. The Morgan fingerprint density at radius 3 is 2.43 bits per heavy atom. The van der Waals surface area contributed by atoms with Crippen LogP contribution in [-0.2, 0) is 10.2 Å². The summed E-state index contributed by atoms with van der Waals surface area (Å²) in [5.74, 6) is 1.28. The Balaban J connectivity index is 1.52. The van der Waals surface area contributed by atoms with Crippen LogP contribution in [0.15, 0.2) is 60.8 Å². The summed E-state index contributed by atoms with van der Waals surface area (Å²) in [7, 11) is 0. The molecular formula is C25H28N2O3. The summed E-state index contributed by atoms with van der Waals surface area (Å²) in [6.45, 7) is 7.66. The van der Waals surface area contributed by atoms with Crippen molar-refractivity contribution in [1.82, 2.24) is 4.98 Å². The van der Waals surface area contributed by atoms with Crippen molar-refractivity contribution in [3.05, 3.63) is 77.6 Å². The van der Waals surface area contributed by atoms with Crippen LogP contribution in [0.5, 0.6) is 11.5 Å². The highest BCUT2D eigenvalue weighted by Gasteiger charge is 2.21. The molecule has 1 aliphatic heterocycles. The van der Waals surface area contributed by atoms with Crippen molar-refractivity contribution in [1.29, 1.82) is 0 Å². The van der Waals surface area contributed by atoms with Crippen molar-refractivity contribution in [2.24, 2.45) is 0 Å². The minimum absolute atomic E-state index is 0.0498. The Labute approximate surface area is 177 Å². The molecule has 2 N–H and O–H groups in total. The summed E-state index contributed by atoms with van der Waals surface area (Å²) in [4.78, 5) is 16.2. The number of fused-ring (bicyclic) bond motifs is 1. The number of H-pyrrole nitrogens is 1. The number of anilines is 1. The van der Waals surface area contributed by atoms with Gasteiger partial charge in [0.2, 0.25) is 5.91 Å². The van der Waals surface area contributed by atoms with Crippen molar-refractivity contribution in [3.63, 3.8) is 0 Å². The molecule has 5 heteroatoms. The molecule has 0 aliphatic carbocycles. The van der Waals surface area contributed by atoms with E-state index in [1.54, 1.807) is 0 Å². The van der Waals surface area contributed by atoms with Crippen LogP contribution < -0.4 is 14.8 Å². The van der Waals surface area contributed by atoms with Gasteiger partial charge in [-0.3, -0.25) is 4.79 Å². The van der Waals surface area contributed by atoms with E-state index in [-0.39, 0.29) is 17.2 Å². The van der Waals surface area contributed by atoms with Crippen LogP contribution in [0.1, 0.15) is 49.9 Å². The second-order valence-electron chi connectivity index (χ2n) is 8.66. The van der Waals surface area contributed by atoms with E-state index in [1.807, 2.05) is 36.5 Å². The maximum Gasteiger partial charge on any atom is 0.225 e. The largest absolute Gasteiger partial charge is 0.486 e. The molecule has 1 aromatic heterocycles. The predicted octanol–water partition coefficient (Wildman–Crippen LogP) is 5.24. The van der Waals surface area contributed by atoms with E-state index in [0.29, 0.717) is 36.8 Å². The van der Waals surface area contributed by atoms with Gasteiger partial charge in [-0.25, -0.2) is 0 Å². The lowest BCUT2D eigenvalue weighted by molar-refractivity contribution is -0.116. The normalized spacial score (nSPS) is 14.2. The SMILES string of the molecule is CC(C)(C)c1ccc(C(CC(=O)Nc2ccc3c(c2)OCCO3)c2ccc[nH]2)cc1. The van der Waals surface area contributed by atoms with Gasteiger partial charge in [-0.1, -0.05) is 45.0 Å². The van der Waals surface area contributed by atoms with E-state index in [1.165, 1.54) is 5.56 Å². The Bertz CT molecular complexity index is 1000. The fourth-order valence-electron chi connectivity index (χ4n) is 3.70. The number of ether oxygens (including phenoxy) is 2. The number of carbonyl (C=O) groups excluding carboxylic acids is 1. The molecular weight excluding hydrogens is 376 g/mol. The first kappa shape index (κ1) is 20.1. The number of rotatable bonds is 5. The summed E-state index contributed by atoms with van der Waals surface area (Å²) in [6.07, 6.45) is 2.23. The second kappa shape index (κ2) is 8.27. The van der Waals surface area contributed by atoms with E-state index in [2.05, 4.69) is 55.3 Å². The Morgan fingerprint density at radius 2 is 1.77 bits per heavy atom. The fourth-order valence-corrected chi connectivity index (χ4v) is 3.70. The molecule has 0 radical (unpaired) electrons. The molecule has 0 fully saturated rings. The first-order chi connectivity index (χ1) is 14.4. The molecule has 2 heterocycles. The van der Waals surface area contributed by atoms with Gasteiger partial charge in [-0.05, 0) is 40.8 Å². The van der Waals surface area contributed by atoms with Gasteiger partial charge in [0.05, 0.1) is 0 Å². The van der Waals surface area contributed by atoms with E-state index >= 15 is 0 Å². The third kappa shape index (κ3) is 4.51. The van der Waals surface area contributed by atoms with Crippen LogP contribution in [0, 0.1) is 0 Å². The van der Waals surface area contributed by atoms with Gasteiger partial charge in [0.1, 0.15) is 13.2 Å². The first-order valence-electron chi connectivity index (χ1n) is 10.3. The highest BCUT2D eigenvalue weighted by atomic mass is 16.6. The summed E-state index contributed by atoms with van der Waals surface area (Å²) < 4.78 is 11.2. The number of carbonyl (C=O) groups is 1. The van der Waals surface area contributed by atoms with Crippen molar-refractivity contribution in [2.75, 3.05) is 18.5 Å². The number of amides is 1. The highest BCUT2D eigenvalue weighted by Crippen LogP contribution is 2.34. The molecule has 1 unspecified atom stereocenters. The molecule has 0 saturated carbocycles. The highest BCUT2D eigenvalue weighted by molar-refractivity contribution is 5.92. The average molecular weight is 405 g/mol. The van der Waals surface area contributed by atoms with Gasteiger partial charge < -0.3 is 19.8 Å². The van der Waals surface area contributed by atoms with Crippen molar-refractivity contribution < 1.29 is 14.3 Å². The molecule has 1 atom stereocenters. The second-order valence-corrected chi connectivity index (χ2v) is 8.66. The average Bonchev–Trinajstić information content (AvgIpc) is 3.26. The third-order valence-electron chi connectivity index (χ3n) is 5.39. The van der Waals surface area contributed by atoms with Crippen LogP contribution in [0.4, 0.5) is 5.69 Å². The van der Waals surface area contributed by atoms with Crippen molar-refractivity contribution >= 4 is 11.6 Å². The van der Waals surface area contributed by atoms with E-state index < -0.39 is 0 Å². The number of aromatic nitrogens is 1. The fraction of sp³-hybridized carbons (Fsp3) is 0.320. The van der Waals surface area contributed by atoms with Gasteiger partial charge in [0, 0.05) is 36.0 Å². The predicted molar refractivity (Wildman–Crippen MR) is 118 cm³/mol. The maximum absolute atomic E-state index is 12.9. The Hall–Kier alpha value is -3.21. The van der Waals surface area contributed by atoms with Gasteiger partial charge in [-0.2, -0.15) is 0 Å². The molecule has 0 saturated heterocycles. The van der Waals surface area contributed by atoms with Crippen molar-refractivity contribution in [3.8, 4) is 11.5 Å². The zero-order chi connectivity index (χ0) is 21.1. The van der Waals surface area contributed by atoms with Crippen molar-refractivity contribution in [2.45, 2.75) is 38.5 Å². The zero-order valence-corrected chi connectivity index (χ0v) is 17.7. The molecule has 4 rings (SSSR count). The lowest BCUT2D eigenvalue weighted by Crippen LogP contribution is -2.18. The van der Waals surface area contributed by atoms with E-state index in [9.17, 15) is 4.79 Å². The first-order valence-corrected chi connectivity index (χ1v) is 10.3. The van der Waals surface area contributed by atoms with Gasteiger partial charge in [0.25, 0.3) is 0 Å². The quantitative estimate of drug-likeness (QED) is 0.611. The monoisotopic (exact) mass is 404 g/mol. The topological polar surface area (TPSA) is 63.4 Å². The number of hydrogen-bond acceptors (Lipinski definition) is 3. The van der Waals surface area contributed by atoms with Crippen LogP contribution in [-0.4, -0.2) is 24.1 Å². The summed E-state index contributed by atoms with van der Waals surface area (Å²) in [5, 5.41) is 3.00. The lowest BCUT2D eigenvalue weighted by atomic mass is 9.84. The summed E-state index contributed by atoms with van der Waals surface area (Å²) in [6, 6.07) is 18.0. The maximum atomic E-state index is 12.9. The minimum Gasteiger partial charge on any atom is -0.486 e. The van der Waals surface area contributed by atoms with Crippen LogP contribution >= 0.6 is 0 Å². The summed E-state index contributed by atoms with van der Waals surface area (Å²) in [5.41, 5.74) is 4.21. The number of aromatic amines is 1. The van der Waals surface area contributed by atoms with Crippen LogP contribution in [0.3, 0.4) is 0 Å². The van der Waals surface area contributed by atoms with Gasteiger partial charge in [0.15, 0.2) is 11.5 Å².